The lowest BCUT2D eigenvalue weighted by Gasteiger charge is -2.33. The minimum absolute atomic E-state index is 0.211. The Hall–Kier alpha value is -0.610. The third-order valence-electron chi connectivity index (χ3n) is 4.41. The molecule has 4 heteroatoms. The highest BCUT2D eigenvalue weighted by Gasteiger charge is 2.37. The molecule has 0 aromatic rings. The average Bonchev–Trinajstić information content (AvgIpc) is 2.96. The smallest absolute Gasteiger partial charge is 0.225 e. The Morgan fingerprint density at radius 2 is 1.89 bits per heavy atom. The molecule has 0 aromatic heterocycles. The molecule has 2 saturated heterocycles. The van der Waals surface area contributed by atoms with Gasteiger partial charge in [0.05, 0.1) is 19.1 Å². The Bertz CT molecular complexity index is 307. The van der Waals surface area contributed by atoms with E-state index in [-0.39, 0.29) is 12.0 Å². The van der Waals surface area contributed by atoms with Crippen molar-refractivity contribution in [3.63, 3.8) is 0 Å². The Labute approximate surface area is 117 Å². The molecule has 2 aliphatic heterocycles. The first kappa shape index (κ1) is 14.8. The first-order chi connectivity index (χ1) is 9.09. The van der Waals surface area contributed by atoms with Crippen molar-refractivity contribution in [3.8, 4) is 0 Å². The van der Waals surface area contributed by atoms with Gasteiger partial charge in [-0.3, -0.25) is 4.79 Å². The number of hydrogen-bond acceptors (Lipinski definition) is 3. The van der Waals surface area contributed by atoms with Crippen molar-refractivity contribution >= 4 is 5.91 Å². The molecule has 2 aliphatic rings. The predicted octanol–water partition coefficient (Wildman–Crippen LogP) is 1.89. The standard InChI is InChI=1S/C15H28N2O2/c1-12(2)19-11-8-15(18)17-10-5-7-14(17)13-6-4-9-16(13)3/h12-14H,4-11H2,1-3H3/t13-,14-/m1/s1. The maximum absolute atomic E-state index is 12.3. The topological polar surface area (TPSA) is 32.8 Å². The van der Waals surface area contributed by atoms with Crippen molar-refractivity contribution in [1.29, 1.82) is 0 Å². The van der Waals surface area contributed by atoms with Crippen LogP contribution in [0.25, 0.3) is 0 Å². The summed E-state index contributed by atoms with van der Waals surface area (Å²) < 4.78 is 5.50. The second-order valence-corrected chi connectivity index (χ2v) is 6.16. The van der Waals surface area contributed by atoms with Crippen LogP contribution in [0.4, 0.5) is 0 Å². The van der Waals surface area contributed by atoms with Crippen LogP contribution in [0, 0.1) is 0 Å². The summed E-state index contributed by atoms with van der Waals surface area (Å²) in [6.07, 6.45) is 5.59. The van der Waals surface area contributed by atoms with Crippen LogP contribution in [0.1, 0.15) is 46.0 Å². The number of nitrogens with zero attached hydrogens (tertiary/aromatic N) is 2. The number of carbonyl (C=O) groups excluding carboxylic acids is 1. The maximum Gasteiger partial charge on any atom is 0.225 e. The fourth-order valence-corrected chi connectivity index (χ4v) is 3.45. The summed E-state index contributed by atoms with van der Waals surface area (Å²) in [7, 11) is 2.19. The first-order valence-corrected chi connectivity index (χ1v) is 7.71. The lowest BCUT2D eigenvalue weighted by atomic mass is 10.0. The van der Waals surface area contributed by atoms with Gasteiger partial charge in [-0.25, -0.2) is 0 Å². The third kappa shape index (κ3) is 3.69. The molecular weight excluding hydrogens is 240 g/mol. The molecule has 0 unspecified atom stereocenters. The van der Waals surface area contributed by atoms with Gasteiger partial charge in [-0.1, -0.05) is 0 Å². The van der Waals surface area contributed by atoms with Crippen molar-refractivity contribution in [2.75, 3.05) is 26.7 Å². The lowest BCUT2D eigenvalue weighted by molar-refractivity contribution is -0.134. The molecule has 0 radical (unpaired) electrons. The van der Waals surface area contributed by atoms with E-state index in [0.29, 0.717) is 25.1 Å². The number of likely N-dealkylation sites (N-methyl/N-ethyl adjacent to an activating group) is 1. The number of ether oxygens (including phenoxy) is 1. The largest absolute Gasteiger partial charge is 0.378 e. The van der Waals surface area contributed by atoms with E-state index in [0.717, 1.165) is 13.0 Å². The monoisotopic (exact) mass is 268 g/mol. The minimum Gasteiger partial charge on any atom is -0.378 e. The molecule has 0 bridgehead atoms. The quantitative estimate of drug-likeness (QED) is 0.763. The molecule has 4 nitrogen and oxygen atoms in total. The molecule has 110 valence electrons. The summed E-state index contributed by atoms with van der Waals surface area (Å²) in [5.41, 5.74) is 0. The summed E-state index contributed by atoms with van der Waals surface area (Å²) >= 11 is 0. The fraction of sp³-hybridized carbons (Fsp3) is 0.933. The molecule has 1 amide bonds. The van der Waals surface area contributed by atoms with Crippen LogP contribution in [0.3, 0.4) is 0 Å². The summed E-state index contributed by atoms with van der Waals surface area (Å²) in [6, 6.07) is 1.02. The van der Waals surface area contributed by atoms with E-state index in [2.05, 4.69) is 16.8 Å². The third-order valence-corrected chi connectivity index (χ3v) is 4.41. The summed E-state index contributed by atoms with van der Waals surface area (Å²) in [5, 5.41) is 0. The van der Waals surface area contributed by atoms with Gasteiger partial charge in [-0.2, -0.15) is 0 Å². The van der Waals surface area contributed by atoms with Crippen molar-refractivity contribution in [2.24, 2.45) is 0 Å². The molecular formula is C15H28N2O2. The van der Waals surface area contributed by atoms with E-state index in [4.69, 9.17) is 4.74 Å². The number of carbonyl (C=O) groups is 1. The van der Waals surface area contributed by atoms with Crippen LogP contribution in [0.15, 0.2) is 0 Å². The van der Waals surface area contributed by atoms with Gasteiger partial charge in [-0.15, -0.1) is 0 Å². The van der Waals surface area contributed by atoms with E-state index in [1.54, 1.807) is 0 Å². The van der Waals surface area contributed by atoms with E-state index < -0.39 is 0 Å². The predicted molar refractivity (Wildman–Crippen MR) is 76.1 cm³/mol. The van der Waals surface area contributed by atoms with Crippen LogP contribution >= 0.6 is 0 Å². The molecule has 2 heterocycles. The average molecular weight is 268 g/mol. The second-order valence-electron chi connectivity index (χ2n) is 6.16. The van der Waals surface area contributed by atoms with Gasteiger partial charge in [0, 0.05) is 18.6 Å². The zero-order valence-corrected chi connectivity index (χ0v) is 12.6. The summed E-state index contributed by atoms with van der Waals surface area (Å²) in [5.74, 6) is 0.281. The molecule has 0 aromatic carbocycles. The molecule has 2 fully saturated rings. The van der Waals surface area contributed by atoms with Gasteiger partial charge in [0.2, 0.25) is 5.91 Å². The molecule has 2 atom stereocenters. The van der Waals surface area contributed by atoms with Crippen LogP contribution < -0.4 is 0 Å². The summed E-state index contributed by atoms with van der Waals surface area (Å²) in [6.45, 7) is 6.70. The van der Waals surface area contributed by atoms with Crippen molar-refractivity contribution < 1.29 is 9.53 Å². The number of hydrogen-bond donors (Lipinski definition) is 0. The van der Waals surface area contributed by atoms with Crippen LogP contribution in [-0.2, 0) is 9.53 Å². The van der Waals surface area contributed by atoms with Gasteiger partial charge in [0.25, 0.3) is 0 Å². The van der Waals surface area contributed by atoms with Gasteiger partial charge >= 0.3 is 0 Å². The molecule has 0 aliphatic carbocycles. The maximum atomic E-state index is 12.3. The molecule has 0 spiro atoms. The second kappa shape index (κ2) is 6.71. The fourth-order valence-electron chi connectivity index (χ4n) is 3.45. The molecule has 0 N–H and O–H groups in total. The Morgan fingerprint density at radius 3 is 2.53 bits per heavy atom. The SMILES string of the molecule is CC(C)OCCC(=O)N1CCC[C@@H]1[C@H]1CCCN1C. The van der Waals surface area contributed by atoms with Crippen molar-refractivity contribution in [1.82, 2.24) is 9.80 Å². The Morgan fingerprint density at radius 1 is 1.21 bits per heavy atom. The van der Waals surface area contributed by atoms with Crippen LogP contribution in [-0.4, -0.2) is 60.6 Å². The molecule has 0 saturated carbocycles. The lowest BCUT2D eigenvalue weighted by Crippen LogP contribution is -2.47. The highest BCUT2D eigenvalue weighted by molar-refractivity contribution is 5.77. The van der Waals surface area contributed by atoms with Crippen LogP contribution in [0.2, 0.25) is 0 Å². The zero-order chi connectivity index (χ0) is 13.8. The van der Waals surface area contributed by atoms with Gasteiger partial charge in [-0.05, 0) is 53.1 Å². The van der Waals surface area contributed by atoms with E-state index in [1.807, 2.05) is 13.8 Å². The van der Waals surface area contributed by atoms with Crippen molar-refractivity contribution in [3.05, 3.63) is 0 Å². The number of likely N-dealkylation sites (tertiary alicyclic amines) is 2. The van der Waals surface area contributed by atoms with Gasteiger partial charge in [0.1, 0.15) is 0 Å². The number of amides is 1. The van der Waals surface area contributed by atoms with E-state index in [9.17, 15) is 4.79 Å². The highest BCUT2D eigenvalue weighted by Crippen LogP contribution is 2.29. The normalized spacial score (nSPS) is 28.5. The Balaban J connectivity index is 1.85. The number of rotatable bonds is 5. The minimum atomic E-state index is 0.211. The Kier molecular flexibility index (Phi) is 5.22. The van der Waals surface area contributed by atoms with E-state index in [1.165, 1.54) is 25.8 Å². The zero-order valence-electron chi connectivity index (χ0n) is 12.6. The van der Waals surface area contributed by atoms with Gasteiger partial charge < -0.3 is 14.5 Å². The van der Waals surface area contributed by atoms with E-state index >= 15 is 0 Å². The molecule has 2 rings (SSSR count). The van der Waals surface area contributed by atoms with Crippen LogP contribution in [0.5, 0.6) is 0 Å². The molecule has 19 heavy (non-hydrogen) atoms. The summed E-state index contributed by atoms with van der Waals surface area (Å²) in [4.78, 5) is 16.9. The van der Waals surface area contributed by atoms with Crippen molar-refractivity contribution in [2.45, 2.75) is 64.1 Å². The first-order valence-electron chi connectivity index (χ1n) is 7.71. The highest BCUT2D eigenvalue weighted by atomic mass is 16.5. The van der Waals surface area contributed by atoms with Gasteiger partial charge in [0.15, 0.2) is 0 Å².